The molecule has 0 atom stereocenters. The summed E-state index contributed by atoms with van der Waals surface area (Å²) in [5, 5.41) is 0. The number of hydrogen-bond acceptors (Lipinski definition) is 1. The molecule has 0 heterocycles. The molecule has 1 nitrogen and oxygen atoms in total. The summed E-state index contributed by atoms with van der Waals surface area (Å²) in [6.45, 7) is 12.6. The standard InChI is InChI=1S/C12H16Si.C9H8.C7H7BrO.C3H4/c1-11-6-5-7-12(10-11)8-9-13(2,3)4;1-3-9-6-4-5-8(2)7-9;1-9-7-4-2-3-6(8)5-7;1-3-2/h5-7,10H,1-4H3;1,4-7H,2H3;2-5H,1H3;1H,2H3. The Kier molecular flexibility index (Phi) is 15.7. The topological polar surface area (TPSA) is 9.23 Å². The first-order chi connectivity index (χ1) is 16.0. The highest BCUT2D eigenvalue weighted by molar-refractivity contribution is 9.10. The lowest BCUT2D eigenvalue weighted by atomic mass is 10.1. The van der Waals surface area contributed by atoms with Crippen LogP contribution in [0, 0.1) is 50.0 Å². The molecule has 3 heteroatoms. The predicted molar refractivity (Wildman–Crippen MR) is 156 cm³/mol. The van der Waals surface area contributed by atoms with E-state index in [2.05, 4.69) is 96.5 Å². The van der Waals surface area contributed by atoms with E-state index in [1.54, 1.807) is 14.0 Å². The Morgan fingerprint density at radius 3 is 1.68 bits per heavy atom. The van der Waals surface area contributed by atoms with Gasteiger partial charge in [-0.2, -0.15) is 0 Å². The van der Waals surface area contributed by atoms with Crippen molar-refractivity contribution in [2.75, 3.05) is 7.11 Å². The van der Waals surface area contributed by atoms with Gasteiger partial charge in [0, 0.05) is 15.6 Å². The minimum Gasteiger partial charge on any atom is -0.497 e. The largest absolute Gasteiger partial charge is 0.497 e. The molecule has 3 aromatic carbocycles. The van der Waals surface area contributed by atoms with Crippen molar-refractivity contribution >= 4 is 24.0 Å². The molecule has 0 N–H and O–H groups in total. The summed E-state index contributed by atoms with van der Waals surface area (Å²) < 4.78 is 6.01. The minimum absolute atomic E-state index is 0.879. The Balaban J connectivity index is 0.000000463. The van der Waals surface area contributed by atoms with Crippen LogP contribution >= 0.6 is 15.9 Å². The molecule has 0 spiro atoms. The van der Waals surface area contributed by atoms with Crippen LogP contribution in [0.1, 0.15) is 29.2 Å². The number of aryl methyl sites for hydroxylation is 2. The number of halogens is 1. The van der Waals surface area contributed by atoms with Crippen molar-refractivity contribution in [3.05, 3.63) is 99.5 Å². The quantitative estimate of drug-likeness (QED) is 0.227. The van der Waals surface area contributed by atoms with Gasteiger partial charge in [0.05, 0.1) is 7.11 Å². The van der Waals surface area contributed by atoms with Gasteiger partial charge in [-0.3, -0.25) is 0 Å². The summed E-state index contributed by atoms with van der Waals surface area (Å²) >= 11 is 3.32. The summed E-state index contributed by atoms with van der Waals surface area (Å²) in [4.78, 5) is 0. The molecule has 0 aliphatic heterocycles. The van der Waals surface area contributed by atoms with Gasteiger partial charge < -0.3 is 4.74 Å². The van der Waals surface area contributed by atoms with E-state index in [1.165, 1.54) is 11.1 Å². The molecule has 0 radical (unpaired) electrons. The van der Waals surface area contributed by atoms with E-state index < -0.39 is 8.07 Å². The van der Waals surface area contributed by atoms with Crippen molar-refractivity contribution in [2.45, 2.75) is 40.4 Å². The lowest BCUT2D eigenvalue weighted by molar-refractivity contribution is 0.414. The molecule has 0 aliphatic rings. The summed E-state index contributed by atoms with van der Waals surface area (Å²) in [6, 6.07) is 24.0. The normalized spacial score (nSPS) is 8.88. The monoisotopic (exact) mass is 530 g/mol. The summed E-state index contributed by atoms with van der Waals surface area (Å²) in [6.07, 6.45) is 9.77. The highest BCUT2D eigenvalue weighted by Gasteiger charge is 2.07. The molecule has 0 amide bonds. The van der Waals surface area contributed by atoms with Crippen LogP contribution < -0.4 is 4.74 Å². The first-order valence-electron chi connectivity index (χ1n) is 10.8. The number of hydrogen-bond donors (Lipinski definition) is 0. The Bertz CT molecular complexity index is 1150. The highest BCUT2D eigenvalue weighted by atomic mass is 79.9. The Labute approximate surface area is 217 Å². The molecule has 0 aromatic heterocycles. The maximum Gasteiger partial charge on any atom is 0.129 e. The molecule has 3 aromatic rings. The molecule has 0 aliphatic carbocycles. The minimum atomic E-state index is -1.22. The summed E-state index contributed by atoms with van der Waals surface area (Å²) in [5.41, 5.74) is 7.94. The Morgan fingerprint density at radius 2 is 1.29 bits per heavy atom. The van der Waals surface area contributed by atoms with Gasteiger partial charge in [-0.15, -0.1) is 24.3 Å². The van der Waals surface area contributed by atoms with Crippen molar-refractivity contribution < 1.29 is 4.74 Å². The number of rotatable bonds is 1. The first-order valence-corrected chi connectivity index (χ1v) is 15.1. The lowest BCUT2D eigenvalue weighted by Crippen LogP contribution is -2.16. The van der Waals surface area contributed by atoms with Gasteiger partial charge in [-0.05, 0) is 74.4 Å². The first kappa shape index (κ1) is 30.8. The van der Waals surface area contributed by atoms with Crippen LogP contribution in [0.15, 0.2) is 77.3 Å². The zero-order valence-corrected chi connectivity index (χ0v) is 24.0. The van der Waals surface area contributed by atoms with E-state index in [0.29, 0.717) is 0 Å². The van der Waals surface area contributed by atoms with Crippen molar-refractivity contribution in [1.29, 1.82) is 0 Å². The predicted octanol–water partition coefficient (Wildman–Crippen LogP) is 8.30. The van der Waals surface area contributed by atoms with Crippen LogP contribution in [0.2, 0.25) is 19.6 Å². The molecule has 176 valence electrons. The van der Waals surface area contributed by atoms with Gasteiger partial charge in [0.1, 0.15) is 13.8 Å². The van der Waals surface area contributed by atoms with E-state index in [0.717, 1.165) is 21.3 Å². The van der Waals surface area contributed by atoms with Gasteiger partial charge in [0.25, 0.3) is 0 Å². The molecule has 0 saturated carbocycles. The zero-order valence-electron chi connectivity index (χ0n) is 21.4. The van der Waals surface area contributed by atoms with Crippen molar-refractivity contribution in [2.24, 2.45) is 0 Å². The average molecular weight is 532 g/mol. The third-order valence-electron chi connectivity index (χ3n) is 3.82. The maximum atomic E-state index is 5.17. The van der Waals surface area contributed by atoms with Crippen LogP contribution in [0.3, 0.4) is 0 Å². The molecule has 34 heavy (non-hydrogen) atoms. The lowest BCUT2D eigenvalue weighted by Gasteiger charge is -2.03. The van der Waals surface area contributed by atoms with Crippen LogP contribution in [0.5, 0.6) is 5.75 Å². The van der Waals surface area contributed by atoms with Crippen LogP contribution in [0.25, 0.3) is 0 Å². The van der Waals surface area contributed by atoms with E-state index in [-0.39, 0.29) is 0 Å². The van der Waals surface area contributed by atoms with Crippen LogP contribution in [-0.4, -0.2) is 15.2 Å². The van der Waals surface area contributed by atoms with E-state index in [9.17, 15) is 0 Å². The smallest absolute Gasteiger partial charge is 0.129 e. The Hall–Kier alpha value is -3.16. The third-order valence-corrected chi connectivity index (χ3v) is 5.18. The van der Waals surface area contributed by atoms with E-state index >= 15 is 0 Å². The maximum absolute atomic E-state index is 5.17. The molecule has 0 fully saturated rings. The van der Waals surface area contributed by atoms with Gasteiger partial charge in [0.2, 0.25) is 0 Å². The second-order valence-electron chi connectivity index (χ2n) is 8.33. The second kappa shape index (κ2) is 17.3. The highest BCUT2D eigenvalue weighted by Crippen LogP contribution is 2.16. The number of benzene rings is 3. The van der Waals surface area contributed by atoms with Gasteiger partial charge >= 0.3 is 0 Å². The number of ether oxygens (including phenoxy) is 1. The second-order valence-corrected chi connectivity index (χ2v) is 14.0. The van der Waals surface area contributed by atoms with Crippen molar-refractivity contribution in [3.8, 4) is 41.9 Å². The van der Waals surface area contributed by atoms with Crippen molar-refractivity contribution in [3.63, 3.8) is 0 Å². The third kappa shape index (κ3) is 16.5. The fourth-order valence-corrected chi connectivity index (χ4v) is 3.21. The van der Waals surface area contributed by atoms with Crippen molar-refractivity contribution in [1.82, 2.24) is 0 Å². The average Bonchev–Trinajstić information content (AvgIpc) is 2.79. The molecule has 0 saturated heterocycles. The van der Waals surface area contributed by atoms with E-state index in [4.69, 9.17) is 11.2 Å². The SMILES string of the molecule is C#CC.C#Cc1cccc(C)c1.COc1cccc(Br)c1.Cc1cccc(C#C[Si](C)(C)C)c1. The summed E-state index contributed by atoms with van der Waals surface area (Å²) in [5.74, 6) is 8.93. The Morgan fingerprint density at radius 1 is 0.794 bits per heavy atom. The van der Waals surface area contributed by atoms with Gasteiger partial charge in [-0.1, -0.05) is 77.7 Å². The van der Waals surface area contributed by atoms with E-state index in [1.807, 2.05) is 55.5 Å². The number of terminal acetylenes is 2. The summed E-state index contributed by atoms with van der Waals surface area (Å²) in [7, 11) is 0.436. The van der Waals surface area contributed by atoms with Crippen LogP contribution in [0.4, 0.5) is 0 Å². The molecule has 0 bridgehead atoms. The fourth-order valence-electron chi connectivity index (χ4n) is 2.31. The van der Waals surface area contributed by atoms with Gasteiger partial charge in [0.15, 0.2) is 0 Å². The number of methoxy groups -OCH3 is 1. The fraction of sp³-hybridized carbons (Fsp3) is 0.226. The molecular weight excluding hydrogens is 496 g/mol. The van der Waals surface area contributed by atoms with Crippen LogP contribution in [-0.2, 0) is 0 Å². The molecular formula is C31H35BrOSi. The molecule has 0 unspecified atom stereocenters. The van der Waals surface area contributed by atoms with Gasteiger partial charge in [-0.25, -0.2) is 0 Å². The zero-order chi connectivity index (χ0) is 26.0. The molecule has 3 rings (SSSR count).